The van der Waals surface area contributed by atoms with E-state index in [-0.39, 0.29) is 17.6 Å². The van der Waals surface area contributed by atoms with Gasteiger partial charge in [-0.3, -0.25) is 4.79 Å². The first-order valence-corrected chi connectivity index (χ1v) is 9.86. The molecule has 6 nitrogen and oxygen atoms in total. The quantitative estimate of drug-likeness (QED) is 0.337. The van der Waals surface area contributed by atoms with Crippen LogP contribution in [0.1, 0.15) is 41.6 Å². The van der Waals surface area contributed by atoms with E-state index in [1.807, 2.05) is 43.3 Å². The summed E-state index contributed by atoms with van der Waals surface area (Å²) in [4.78, 5) is 24.3. The van der Waals surface area contributed by atoms with Gasteiger partial charge in [0.05, 0.1) is 18.2 Å². The predicted octanol–water partition coefficient (Wildman–Crippen LogP) is 4.91. The van der Waals surface area contributed by atoms with Gasteiger partial charge in [0, 0.05) is 11.6 Å². The minimum absolute atomic E-state index is 0.0543. The summed E-state index contributed by atoms with van der Waals surface area (Å²) in [5.74, 6) is 0.0719. The van der Waals surface area contributed by atoms with E-state index in [4.69, 9.17) is 9.15 Å². The van der Waals surface area contributed by atoms with Gasteiger partial charge in [-0.1, -0.05) is 42.5 Å². The van der Waals surface area contributed by atoms with Crippen molar-refractivity contribution in [2.75, 3.05) is 6.61 Å². The number of benzene rings is 2. The molecule has 0 aliphatic rings. The van der Waals surface area contributed by atoms with Crippen LogP contribution in [-0.4, -0.2) is 18.5 Å². The first kappa shape index (κ1) is 21.6. The van der Waals surface area contributed by atoms with Gasteiger partial charge in [-0.2, -0.15) is 5.26 Å². The number of rotatable bonds is 7. The van der Waals surface area contributed by atoms with Gasteiger partial charge in [-0.05, 0) is 43.7 Å². The lowest BCUT2D eigenvalue weighted by Gasteiger charge is -2.13. The minimum atomic E-state index is -0.476. The van der Waals surface area contributed by atoms with Crippen LogP contribution in [0.25, 0.3) is 17.4 Å². The van der Waals surface area contributed by atoms with E-state index in [1.54, 1.807) is 43.3 Å². The Hall–Kier alpha value is -4.11. The highest BCUT2D eigenvalue weighted by Crippen LogP contribution is 2.24. The molecule has 6 heteroatoms. The largest absolute Gasteiger partial charge is 0.462 e. The van der Waals surface area contributed by atoms with Gasteiger partial charge >= 0.3 is 5.97 Å². The predicted molar refractivity (Wildman–Crippen MR) is 117 cm³/mol. The summed E-state index contributed by atoms with van der Waals surface area (Å²) < 4.78 is 10.7. The molecule has 2 aromatic carbocycles. The molecule has 0 aliphatic carbocycles. The topological polar surface area (TPSA) is 92.3 Å². The van der Waals surface area contributed by atoms with Crippen molar-refractivity contribution >= 4 is 18.0 Å². The van der Waals surface area contributed by atoms with E-state index in [2.05, 4.69) is 5.32 Å². The zero-order chi connectivity index (χ0) is 22.2. The van der Waals surface area contributed by atoms with Gasteiger partial charge in [0.25, 0.3) is 5.91 Å². The molecule has 0 fully saturated rings. The molecular formula is C25H22N2O4. The van der Waals surface area contributed by atoms with Crippen LogP contribution in [0.2, 0.25) is 0 Å². The smallest absolute Gasteiger partial charge is 0.338 e. The highest BCUT2D eigenvalue weighted by molar-refractivity contribution is 6.01. The van der Waals surface area contributed by atoms with E-state index >= 15 is 0 Å². The summed E-state index contributed by atoms with van der Waals surface area (Å²) in [6.45, 7) is 3.92. The number of furan rings is 1. The second kappa shape index (κ2) is 10.1. The van der Waals surface area contributed by atoms with Crippen molar-refractivity contribution in [2.24, 2.45) is 0 Å². The minimum Gasteiger partial charge on any atom is -0.462 e. The van der Waals surface area contributed by atoms with E-state index in [0.717, 1.165) is 11.1 Å². The first-order valence-electron chi connectivity index (χ1n) is 9.86. The fourth-order valence-electron chi connectivity index (χ4n) is 2.96. The van der Waals surface area contributed by atoms with Gasteiger partial charge in [0.2, 0.25) is 0 Å². The van der Waals surface area contributed by atoms with Crippen molar-refractivity contribution in [1.29, 1.82) is 5.26 Å². The Kier molecular flexibility index (Phi) is 7.02. The molecule has 0 saturated heterocycles. The van der Waals surface area contributed by atoms with E-state index in [9.17, 15) is 14.9 Å². The molecular weight excluding hydrogens is 392 g/mol. The van der Waals surface area contributed by atoms with Crippen LogP contribution in [0, 0.1) is 11.3 Å². The Morgan fingerprint density at radius 2 is 1.81 bits per heavy atom. The number of amides is 1. The highest BCUT2D eigenvalue weighted by atomic mass is 16.5. The second-order valence-corrected chi connectivity index (χ2v) is 6.78. The summed E-state index contributed by atoms with van der Waals surface area (Å²) in [5.41, 5.74) is 2.10. The summed E-state index contributed by atoms with van der Waals surface area (Å²) in [5, 5.41) is 12.2. The molecule has 1 N–H and O–H groups in total. The maximum absolute atomic E-state index is 12.5. The molecule has 0 saturated carbocycles. The van der Waals surface area contributed by atoms with Crippen molar-refractivity contribution in [2.45, 2.75) is 19.9 Å². The van der Waals surface area contributed by atoms with Crippen LogP contribution in [0.15, 0.2) is 76.7 Å². The highest BCUT2D eigenvalue weighted by Gasteiger charge is 2.15. The maximum Gasteiger partial charge on any atom is 0.338 e. The fourth-order valence-corrected chi connectivity index (χ4v) is 2.96. The third-order valence-corrected chi connectivity index (χ3v) is 4.61. The van der Waals surface area contributed by atoms with Crippen molar-refractivity contribution in [3.8, 4) is 17.4 Å². The fraction of sp³-hybridized carbons (Fsp3) is 0.160. The molecule has 0 aliphatic heterocycles. The zero-order valence-corrected chi connectivity index (χ0v) is 17.3. The lowest BCUT2D eigenvalue weighted by atomic mass is 10.1. The van der Waals surface area contributed by atoms with Crippen LogP contribution in [0.5, 0.6) is 0 Å². The second-order valence-electron chi connectivity index (χ2n) is 6.78. The zero-order valence-electron chi connectivity index (χ0n) is 17.3. The molecule has 1 aromatic heterocycles. The standard InChI is InChI=1S/C25H22N2O4/c1-3-30-25(29)20-11-9-19(10-12-20)23-14-13-22(31-23)15-21(16-26)24(28)27-17(2)18-7-5-4-6-8-18/h4-15,17H,3H2,1-2H3,(H,27,28)/b21-15-/t17-/m1/s1. The number of carbonyl (C=O) groups is 2. The van der Waals surface area contributed by atoms with E-state index in [1.165, 1.54) is 6.08 Å². The van der Waals surface area contributed by atoms with Crippen LogP contribution in [0.3, 0.4) is 0 Å². The number of ether oxygens (including phenoxy) is 1. The van der Waals surface area contributed by atoms with Gasteiger partial charge < -0.3 is 14.5 Å². The molecule has 0 unspecified atom stereocenters. The SMILES string of the molecule is CCOC(=O)c1ccc(-c2ccc(/C=C(/C#N)C(=O)N[C@H](C)c3ccccc3)o2)cc1. The van der Waals surface area contributed by atoms with Gasteiger partial charge in [0.1, 0.15) is 23.2 Å². The number of hydrogen-bond acceptors (Lipinski definition) is 5. The van der Waals surface area contributed by atoms with Crippen LogP contribution in [-0.2, 0) is 9.53 Å². The molecule has 1 atom stereocenters. The van der Waals surface area contributed by atoms with Crippen LogP contribution in [0.4, 0.5) is 0 Å². The maximum atomic E-state index is 12.5. The summed E-state index contributed by atoms with van der Waals surface area (Å²) >= 11 is 0. The summed E-state index contributed by atoms with van der Waals surface area (Å²) in [6.07, 6.45) is 1.41. The van der Waals surface area contributed by atoms with Crippen molar-refractivity contribution in [1.82, 2.24) is 5.32 Å². The van der Waals surface area contributed by atoms with Crippen LogP contribution < -0.4 is 5.32 Å². The molecule has 156 valence electrons. The van der Waals surface area contributed by atoms with Crippen molar-refractivity contribution in [3.05, 3.63) is 89.2 Å². The number of carbonyl (C=O) groups excluding carboxylic acids is 2. The first-order chi connectivity index (χ1) is 15.0. The third-order valence-electron chi connectivity index (χ3n) is 4.61. The average molecular weight is 414 g/mol. The van der Waals surface area contributed by atoms with Gasteiger partial charge in [-0.25, -0.2) is 4.79 Å². The Morgan fingerprint density at radius 3 is 2.45 bits per heavy atom. The Balaban J connectivity index is 1.72. The molecule has 0 bridgehead atoms. The molecule has 0 radical (unpaired) electrons. The van der Waals surface area contributed by atoms with Crippen molar-refractivity contribution in [3.63, 3.8) is 0 Å². The molecule has 1 amide bonds. The average Bonchev–Trinajstić information content (AvgIpc) is 3.27. The summed E-state index contributed by atoms with van der Waals surface area (Å²) in [7, 11) is 0. The Labute approximate surface area is 180 Å². The Morgan fingerprint density at radius 1 is 1.10 bits per heavy atom. The summed E-state index contributed by atoms with van der Waals surface area (Å²) in [6, 6.07) is 21.4. The molecule has 3 aromatic rings. The Bertz CT molecular complexity index is 1120. The number of nitriles is 1. The van der Waals surface area contributed by atoms with E-state index in [0.29, 0.717) is 23.7 Å². The molecule has 0 spiro atoms. The lowest BCUT2D eigenvalue weighted by molar-refractivity contribution is -0.117. The normalized spacial score (nSPS) is 12.0. The van der Waals surface area contributed by atoms with Gasteiger partial charge in [0.15, 0.2) is 0 Å². The van der Waals surface area contributed by atoms with Gasteiger partial charge in [-0.15, -0.1) is 0 Å². The monoisotopic (exact) mass is 414 g/mol. The molecule has 3 rings (SSSR count). The number of nitrogens with zero attached hydrogens (tertiary/aromatic N) is 1. The number of esters is 1. The van der Waals surface area contributed by atoms with Crippen molar-refractivity contribution < 1.29 is 18.7 Å². The van der Waals surface area contributed by atoms with Crippen LogP contribution >= 0.6 is 0 Å². The lowest BCUT2D eigenvalue weighted by Crippen LogP contribution is -2.27. The van der Waals surface area contributed by atoms with E-state index < -0.39 is 5.91 Å². The molecule has 31 heavy (non-hydrogen) atoms. The number of hydrogen-bond donors (Lipinski definition) is 1. The third kappa shape index (κ3) is 5.49. The number of nitrogens with one attached hydrogen (secondary N) is 1. The molecule has 1 heterocycles.